The Balaban J connectivity index is 1.73. The Kier molecular flexibility index (Phi) is 11.6. The van der Waals surface area contributed by atoms with Crippen LogP contribution in [0.5, 0.6) is 5.75 Å². The van der Waals surface area contributed by atoms with Gasteiger partial charge in [-0.05, 0) is 72.7 Å². The minimum absolute atomic E-state index is 0.0486. The van der Waals surface area contributed by atoms with Crippen molar-refractivity contribution in [2.24, 2.45) is 0 Å². The van der Waals surface area contributed by atoms with Gasteiger partial charge >= 0.3 is 6.03 Å². The number of unbranched alkanes of at least 4 members (excludes halogenated alkanes) is 3. The number of rotatable bonds is 15. The molecule has 3 rings (SSSR count). The highest BCUT2D eigenvalue weighted by atomic mass is 32.1. The molecule has 0 aliphatic rings. The molecule has 9 heteroatoms. The number of pyridine rings is 1. The molecule has 0 aliphatic heterocycles. The first kappa shape index (κ1) is 33.1. The van der Waals surface area contributed by atoms with E-state index in [2.05, 4.69) is 98.3 Å². The van der Waals surface area contributed by atoms with E-state index in [0.717, 1.165) is 37.9 Å². The summed E-state index contributed by atoms with van der Waals surface area (Å²) in [5, 5.41) is 13.7. The number of aromatic nitrogens is 2. The molecular formula is C33H48N6O2S. The fourth-order valence-electron chi connectivity index (χ4n) is 4.69. The quantitative estimate of drug-likeness (QED) is 0.121. The van der Waals surface area contributed by atoms with Crippen LogP contribution in [0.1, 0.15) is 116 Å². The molecule has 0 spiro atoms. The van der Waals surface area contributed by atoms with E-state index < -0.39 is 0 Å². The van der Waals surface area contributed by atoms with E-state index in [4.69, 9.17) is 4.74 Å². The molecule has 0 saturated carbocycles. The highest BCUT2D eigenvalue weighted by molar-refractivity contribution is 7.11. The van der Waals surface area contributed by atoms with Gasteiger partial charge in [0.05, 0.1) is 23.2 Å². The van der Waals surface area contributed by atoms with Crippen molar-refractivity contribution >= 4 is 33.6 Å². The van der Waals surface area contributed by atoms with E-state index in [1.54, 1.807) is 13.0 Å². The Morgan fingerprint density at radius 1 is 1.07 bits per heavy atom. The van der Waals surface area contributed by atoms with Gasteiger partial charge in [-0.25, -0.2) is 9.78 Å². The Morgan fingerprint density at radius 3 is 2.48 bits per heavy atom. The first-order valence-electron chi connectivity index (χ1n) is 15.2. The highest BCUT2D eigenvalue weighted by Gasteiger charge is 2.28. The molecule has 0 saturated heterocycles. The number of hydrogen-bond acceptors (Lipinski definition) is 7. The second-order valence-corrected chi connectivity index (χ2v) is 13.1. The molecular weight excluding hydrogens is 544 g/mol. The maximum absolute atomic E-state index is 12.8. The van der Waals surface area contributed by atoms with Crippen LogP contribution in [0.4, 0.5) is 9.80 Å². The average molecular weight is 593 g/mol. The number of amides is 2. The molecule has 1 unspecified atom stereocenters. The fraction of sp³-hybridized carbons (Fsp3) is 0.576. The van der Waals surface area contributed by atoms with Gasteiger partial charge in [-0.15, -0.1) is 0 Å². The lowest BCUT2D eigenvalue weighted by Crippen LogP contribution is -2.43. The van der Waals surface area contributed by atoms with Crippen LogP contribution in [0.2, 0.25) is 0 Å². The summed E-state index contributed by atoms with van der Waals surface area (Å²) in [7, 11) is 0. The van der Waals surface area contributed by atoms with Gasteiger partial charge in [0.25, 0.3) is 0 Å². The van der Waals surface area contributed by atoms with Gasteiger partial charge in [-0.1, -0.05) is 79.9 Å². The molecule has 1 aromatic carbocycles. The van der Waals surface area contributed by atoms with E-state index in [1.165, 1.54) is 35.5 Å². The second-order valence-electron chi connectivity index (χ2n) is 12.4. The maximum atomic E-state index is 12.8. The van der Waals surface area contributed by atoms with Gasteiger partial charge in [0.1, 0.15) is 22.9 Å². The molecule has 0 aliphatic carbocycles. The van der Waals surface area contributed by atoms with E-state index in [9.17, 15) is 10.1 Å². The van der Waals surface area contributed by atoms with Gasteiger partial charge in [-0.2, -0.15) is 9.64 Å². The van der Waals surface area contributed by atoms with Crippen LogP contribution in [0.15, 0.2) is 24.3 Å². The third-order valence-corrected chi connectivity index (χ3v) is 9.26. The third-order valence-electron chi connectivity index (χ3n) is 8.49. The molecule has 3 N–H and O–H groups in total. The number of nitriles is 1. The number of hydrogen-bond donors (Lipinski definition) is 3. The molecule has 8 nitrogen and oxygen atoms in total. The lowest BCUT2D eigenvalue weighted by molar-refractivity contribution is 0.177. The second kappa shape index (κ2) is 14.7. The molecule has 0 radical (unpaired) electrons. The first-order chi connectivity index (χ1) is 19.9. The summed E-state index contributed by atoms with van der Waals surface area (Å²) in [5.41, 5.74) is 9.86. The minimum atomic E-state index is -0.367. The Labute approximate surface area is 255 Å². The van der Waals surface area contributed by atoms with Gasteiger partial charge in [0.2, 0.25) is 0 Å². The average Bonchev–Trinajstić information content (AvgIpc) is 3.37. The summed E-state index contributed by atoms with van der Waals surface area (Å²) in [6.45, 7) is 17.9. The lowest BCUT2D eigenvalue weighted by atomic mass is 9.76. The third kappa shape index (κ3) is 8.34. The molecule has 42 heavy (non-hydrogen) atoms. The van der Waals surface area contributed by atoms with E-state index in [1.807, 2.05) is 0 Å². The summed E-state index contributed by atoms with van der Waals surface area (Å²) < 4.78 is 11.0. The van der Waals surface area contributed by atoms with Crippen molar-refractivity contribution in [3.8, 4) is 11.8 Å². The van der Waals surface area contributed by atoms with Gasteiger partial charge in [-0.3, -0.25) is 10.9 Å². The zero-order valence-corrected chi connectivity index (χ0v) is 27.4. The number of aryl methyl sites for hydroxylation is 1. The molecule has 3 aromatic rings. The smallest absolute Gasteiger partial charge is 0.333 e. The molecule has 2 amide bonds. The zero-order chi connectivity index (χ0) is 30.9. The number of urea groups is 1. The SMILES string of the molecule is CCCCCCC(CNC(=O)NNc1snc2nc(C)c(C#N)cc12)Oc1ccc(C(C)(C)CC)cc1C(C)(C)CC. The van der Waals surface area contributed by atoms with Crippen LogP contribution in [-0.2, 0) is 10.8 Å². The van der Waals surface area contributed by atoms with Crippen LogP contribution in [0.25, 0.3) is 11.0 Å². The van der Waals surface area contributed by atoms with Crippen LogP contribution < -0.4 is 20.9 Å². The van der Waals surface area contributed by atoms with Crippen LogP contribution >= 0.6 is 11.5 Å². The Morgan fingerprint density at radius 2 is 1.81 bits per heavy atom. The van der Waals surface area contributed by atoms with Gasteiger partial charge < -0.3 is 10.1 Å². The largest absolute Gasteiger partial charge is 0.488 e. The molecule has 1 atom stereocenters. The fourth-order valence-corrected chi connectivity index (χ4v) is 5.36. The number of benzene rings is 1. The van der Waals surface area contributed by atoms with Crippen LogP contribution in [0.3, 0.4) is 0 Å². The summed E-state index contributed by atoms with van der Waals surface area (Å²) in [6.07, 6.45) is 7.25. The normalized spacial score (nSPS) is 12.5. The Hall–Kier alpha value is -3.38. The summed E-state index contributed by atoms with van der Waals surface area (Å²) >= 11 is 1.18. The maximum Gasteiger partial charge on any atom is 0.333 e. The first-order valence-corrected chi connectivity index (χ1v) is 16.0. The number of carbonyl (C=O) groups is 1. The van der Waals surface area contributed by atoms with E-state index >= 15 is 0 Å². The zero-order valence-electron chi connectivity index (χ0n) is 26.6. The van der Waals surface area contributed by atoms with Crippen molar-refractivity contribution in [1.82, 2.24) is 20.1 Å². The van der Waals surface area contributed by atoms with E-state index in [0.29, 0.717) is 33.8 Å². The molecule has 0 bridgehead atoms. The number of carbonyl (C=O) groups excluding carboxylic acids is 1. The summed E-state index contributed by atoms with van der Waals surface area (Å²) in [5.74, 6) is 0.894. The predicted molar refractivity (Wildman–Crippen MR) is 173 cm³/mol. The van der Waals surface area contributed by atoms with Crippen molar-refractivity contribution in [3.63, 3.8) is 0 Å². The number of nitrogens with one attached hydrogen (secondary N) is 3. The summed E-state index contributed by atoms with van der Waals surface area (Å²) in [6, 6.07) is 10.2. The molecule has 0 fully saturated rings. The molecule has 2 aromatic heterocycles. The van der Waals surface area contributed by atoms with Crippen molar-refractivity contribution < 1.29 is 9.53 Å². The topological polar surface area (TPSA) is 112 Å². The van der Waals surface area contributed by atoms with Crippen LogP contribution in [-0.4, -0.2) is 28.0 Å². The monoisotopic (exact) mass is 592 g/mol. The standard InChI is InChI=1S/C33H48N6O2S/c1-9-12-13-14-15-25(41-28-17-16-24(32(5,6)10-2)19-27(28)33(7,8)11-3)21-35-31(40)38-37-30-26-18-23(20-34)22(4)36-29(26)39-42-30/h16-19,25,37H,9-15,21H2,1-8H3,(H2,35,38,40). The number of hydrazine groups is 1. The van der Waals surface area contributed by atoms with E-state index in [-0.39, 0.29) is 23.0 Å². The van der Waals surface area contributed by atoms with Crippen molar-refractivity contribution in [2.75, 3.05) is 12.0 Å². The summed E-state index contributed by atoms with van der Waals surface area (Å²) in [4.78, 5) is 17.2. The van der Waals surface area contributed by atoms with Crippen molar-refractivity contribution in [2.45, 2.75) is 117 Å². The van der Waals surface area contributed by atoms with Gasteiger partial charge in [0, 0.05) is 5.56 Å². The Bertz CT molecular complexity index is 1390. The predicted octanol–water partition coefficient (Wildman–Crippen LogP) is 8.29. The number of fused-ring (bicyclic) bond motifs is 1. The number of anilines is 1. The number of ether oxygens (including phenoxy) is 1. The molecule has 2 heterocycles. The van der Waals surface area contributed by atoms with Crippen molar-refractivity contribution in [1.29, 1.82) is 5.26 Å². The van der Waals surface area contributed by atoms with Crippen LogP contribution in [0, 0.1) is 18.3 Å². The van der Waals surface area contributed by atoms with Crippen molar-refractivity contribution in [3.05, 3.63) is 46.6 Å². The number of nitrogens with zero attached hydrogens (tertiary/aromatic N) is 3. The molecule has 228 valence electrons. The van der Waals surface area contributed by atoms with Gasteiger partial charge in [0.15, 0.2) is 5.65 Å². The minimum Gasteiger partial charge on any atom is -0.488 e. The highest BCUT2D eigenvalue weighted by Crippen LogP contribution is 2.39. The lowest BCUT2D eigenvalue weighted by Gasteiger charge is -2.32.